The van der Waals surface area contributed by atoms with E-state index in [1.807, 2.05) is 28.8 Å². The summed E-state index contributed by atoms with van der Waals surface area (Å²) in [5, 5.41) is 0.604. The number of nitrogens with zero attached hydrogens (tertiary/aromatic N) is 3. The molecule has 0 saturated carbocycles. The molecule has 1 fully saturated rings. The maximum absolute atomic E-state index is 13.2. The lowest BCUT2D eigenvalue weighted by molar-refractivity contribution is 0.0691. The highest BCUT2D eigenvalue weighted by Gasteiger charge is 2.28. The number of carbonyl (C=O) groups excluding carboxylic acids is 1. The molecule has 2 aromatic carbocycles. The molecule has 0 unspecified atom stereocenters. The Labute approximate surface area is 189 Å². The third kappa shape index (κ3) is 3.87. The van der Waals surface area contributed by atoms with E-state index in [0.717, 1.165) is 11.0 Å². The minimum absolute atomic E-state index is 0.0430. The third-order valence-corrected chi connectivity index (χ3v) is 6.02. The number of benzene rings is 2. The van der Waals surface area contributed by atoms with Gasteiger partial charge in [0.15, 0.2) is 0 Å². The van der Waals surface area contributed by atoms with Crippen LogP contribution in [0.3, 0.4) is 0 Å². The van der Waals surface area contributed by atoms with Gasteiger partial charge in [-0.3, -0.25) is 9.36 Å². The van der Waals surface area contributed by atoms with E-state index in [4.69, 9.17) is 16.3 Å². The summed E-state index contributed by atoms with van der Waals surface area (Å²) in [5.41, 5.74) is 2.02. The Morgan fingerprint density at radius 1 is 1.03 bits per heavy atom. The molecule has 0 radical (unpaired) electrons. The zero-order valence-corrected chi connectivity index (χ0v) is 18.0. The lowest BCUT2D eigenvalue weighted by atomic mass is 10.0. The Balaban J connectivity index is 1.32. The number of ether oxygens (including phenoxy) is 1. The molecule has 0 bridgehead atoms. The number of fused-ring (bicyclic) bond motifs is 1. The SMILES string of the molecule is O=C(c1cccnc1Oc1ccc(Cl)cc1)N1CCC(n2c(=O)[nH]c3ccccc32)CC1. The van der Waals surface area contributed by atoms with Crippen LogP contribution in [0, 0.1) is 0 Å². The fraction of sp³-hybridized carbons (Fsp3) is 0.208. The molecule has 1 saturated heterocycles. The maximum atomic E-state index is 13.2. The summed E-state index contributed by atoms with van der Waals surface area (Å²) in [6, 6.07) is 18.1. The van der Waals surface area contributed by atoms with Gasteiger partial charge in [0.25, 0.3) is 5.91 Å². The maximum Gasteiger partial charge on any atom is 0.326 e. The van der Waals surface area contributed by atoms with Crippen LogP contribution in [-0.2, 0) is 0 Å². The number of hydrogen-bond donors (Lipinski definition) is 1. The Hall–Kier alpha value is -3.58. The van der Waals surface area contributed by atoms with Crippen LogP contribution in [0.5, 0.6) is 11.6 Å². The molecule has 32 heavy (non-hydrogen) atoms. The molecule has 0 atom stereocenters. The number of piperidine rings is 1. The zero-order valence-electron chi connectivity index (χ0n) is 17.2. The van der Waals surface area contributed by atoms with Crippen molar-refractivity contribution >= 4 is 28.5 Å². The van der Waals surface area contributed by atoms with E-state index in [1.165, 1.54) is 0 Å². The van der Waals surface area contributed by atoms with Crippen LogP contribution in [0.1, 0.15) is 29.2 Å². The van der Waals surface area contributed by atoms with Crippen molar-refractivity contribution < 1.29 is 9.53 Å². The van der Waals surface area contributed by atoms with Gasteiger partial charge in [-0.2, -0.15) is 0 Å². The second-order valence-electron chi connectivity index (χ2n) is 7.75. The fourth-order valence-corrected chi connectivity index (χ4v) is 4.31. The first-order valence-electron chi connectivity index (χ1n) is 10.5. The summed E-state index contributed by atoms with van der Waals surface area (Å²) in [7, 11) is 0. The Morgan fingerprint density at radius 2 is 1.78 bits per heavy atom. The van der Waals surface area contributed by atoms with E-state index in [-0.39, 0.29) is 23.5 Å². The Kier molecular flexibility index (Phi) is 5.41. The molecular formula is C24H21ClN4O3. The highest BCUT2D eigenvalue weighted by molar-refractivity contribution is 6.30. The summed E-state index contributed by atoms with van der Waals surface area (Å²) < 4.78 is 7.67. The molecule has 7 nitrogen and oxygen atoms in total. The van der Waals surface area contributed by atoms with Crippen LogP contribution in [0.4, 0.5) is 0 Å². The molecule has 1 amide bonds. The van der Waals surface area contributed by atoms with Crippen molar-refractivity contribution in [3.63, 3.8) is 0 Å². The molecule has 0 spiro atoms. The van der Waals surface area contributed by atoms with Crippen molar-refractivity contribution in [2.24, 2.45) is 0 Å². The normalized spacial score (nSPS) is 14.6. The molecule has 1 aliphatic heterocycles. The second-order valence-corrected chi connectivity index (χ2v) is 8.19. The van der Waals surface area contributed by atoms with Gasteiger partial charge in [0, 0.05) is 30.4 Å². The summed E-state index contributed by atoms with van der Waals surface area (Å²) >= 11 is 5.93. The average molecular weight is 449 g/mol. The molecule has 1 aliphatic rings. The monoisotopic (exact) mass is 448 g/mol. The van der Waals surface area contributed by atoms with Crippen molar-refractivity contribution in [2.75, 3.05) is 13.1 Å². The van der Waals surface area contributed by atoms with Gasteiger partial charge in [-0.05, 0) is 61.4 Å². The number of likely N-dealkylation sites (tertiary alicyclic amines) is 1. The molecule has 5 rings (SSSR count). The van der Waals surface area contributed by atoms with E-state index >= 15 is 0 Å². The molecule has 3 heterocycles. The van der Waals surface area contributed by atoms with E-state index in [9.17, 15) is 9.59 Å². The number of para-hydroxylation sites is 2. The van der Waals surface area contributed by atoms with Crippen molar-refractivity contribution in [1.29, 1.82) is 0 Å². The highest BCUT2D eigenvalue weighted by Crippen LogP contribution is 2.29. The predicted molar refractivity (Wildman–Crippen MR) is 122 cm³/mol. The van der Waals surface area contributed by atoms with Gasteiger partial charge in [-0.1, -0.05) is 23.7 Å². The van der Waals surface area contributed by atoms with Gasteiger partial charge in [0.1, 0.15) is 11.3 Å². The van der Waals surface area contributed by atoms with E-state index in [2.05, 4.69) is 9.97 Å². The number of imidazole rings is 1. The Bertz CT molecular complexity index is 1320. The lowest BCUT2D eigenvalue weighted by Crippen LogP contribution is -2.40. The number of aromatic amines is 1. The average Bonchev–Trinajstić information content (AvgIpc) is 3.16. The predicted octanol–water partition coefficient (Wildman–Crippen LogP) is 4.65. The van der Waals surface area contributed by atoms with Gasteiger partial charge in [0.05, 0.1) is 11.0 Å². The van der Waals surface area contributed by atoms with Crippen molar-refractivity contribution in [3.8, 4) is 11.6 Å². The number of rotatable bonds is 4. The van der Waals surface area contributed by atoms with Crippen LogP contribution >= 0.6 is 11.6 Å². The number of hydrogen-bond acceptors (Lipinski definition) is 4. The highest BCUT2D eigenvalue weighted by atomic mass is 35.5. The van der Waals surface area contributed by atoms with Gasteiger partial charge in [-0.25, -0.2) is 9.78 Å². The number of nitrogens with one attached hydrogen (secondary N) is 1. The first-order valence-corrected chi connectivity index (χ1v) is 10.8. The number of pyridine rings is 1. The smallest absolute Gasteiger partial charge is 0.326 e. The lowest BCUT2D eigenvalue weighted by Gasteiger charge is -2.32. The van der Waals surface area contributed by atoms with Crippen LogP contribution in [0.15, 0.2) is 71.7 Å². The molecule has 0 aliphatic carbocycles. The number of H-pyrrole nitrogens is 1. The van der Waals surface area contributed by atoms with Crippen LogP contribution in [0.2, 0.25) is 5.02 Å². The number of halogens is 1. The first kappa shape index (κ1) is 20.3. The zero-order chi connectivity index (χ0) is 22.1. The number of carbonyl (C=O) groups is 1. The summed E-state index contributed by atoms with van der Waals surface area (Å²) in [4.78, 5) is 34.7. The first-order chi connectivity index (χ1) is 15.6. The molecule has 1 N–H and O–H groups in total. The van der Waals surface area contributed by atoms with Crippen molar-refractivity contribution in [1.82, 2.24) is 19.4 Å². The minimum atomic E-state index is -0.133. The summed E-state index contributed by atoms with van der Waals surface area (Å²) in [6.45, 7) is 1.09. The van der Waals surface area contributed by atoms with Gasteiger partial charge in [-0.15, -0.1) is 0 Å². The topological polar surface area (TPSA) is 80.2 Å². The van der Waals surface area contributed by atoms with Gasteiger partial charge >= 0.3 is 5.69 Å². The number of aromatic nitrogens is 3. The summed E-state index contributed by atoms with van der Waals surface area (Å²) in [6.07, 6.45) is 2.99. The van der Waals surface area contributed by atoms with Crippen LogP contribution in [-0.4, -0.2) is 38.4 Å². The number of amides is 1. The van der Waals surface area contributed by atoms with Gasteiger partial charge in [0.2, 0.25) is 5.88 Å². The standard InChI is InChI=1S/C24H21ClN4O3/c25-16-7-9-18(10-8-16)32-22-19(4-3-13-26-22)23(30)28-14-11-17(12-15-28)29-21-6-2-1-5-20(21)27-24(29)31/h1-10,13,17H,11-12,14-15H2,(H,27,31). The third-order valence-electron chi connectivity index (χ3n) is 5.77. The molecule has 162 valence electrons. The van der Waals surface area contributed by atoms with Crippen molar-refractivity contribution in [3.05, 3.63) is 87.9 Å². The second kappa shape index (κ2) is 8.51. The summed E-state index contributed by atoms with van der Waals surface area (Å²) in [5.74, 6) is 0.682. The van der Waals surface area contributed by atoms with Crippen LogP contribution in [0.25, 0.3) is 11.0 Å². The van der Waals surface area contributed by atoms with Crippen molar-refractivity contribution in [2.45, 2.75) is 18.9 Å². The van der Waals surface area contributed by atoms with Gasteiger partial charge < -0.3 is 14.6 Å². The largest absolute Gasteiger partial charge is 0.438 e. The fourth-order valence-electron chi connectivity index (χ4n) is 4.18. The quantitative estimate of drug-likeness (QED) is 0.493. The molecular weight excluding hydrogens is 428 g/mol. The molecule has 4 aromatic rings. The van der Waals surface area contributed by atoms with E-state index < -0.39 is 0 Å². The van der Waals surface area contributed by atoms with E-state index in [1.54, 1.807) is 47.5 Å². The molecule has 2 aromatic heterocycles. The van der Waals surface area contributed by atoms with E-state index in [0.29, 0.717) is 42.3 Å². The molecule has 8 heteroatoms. The minimum Gasteiger partial charge on any atom is -0.438 e. The van der Waals surface area contributed by atoms with Crippen LogP contribution < -0.4 is 10.4 Å². The Morgan fingerprint density at radius 3 is 2.56 bits per heavy atom.